The zero-order chi connectivity index (χ0) is 15.5. The van der Waals surface area contributed by atoms with Crippen LogP contribution >= 0.6 is 0 Å². The topological polar surface area (TPSA) is 21.3 Å². The van der Waals surface area contributed by atoms with E-state index in [9.17, 15) is 8.78 Å². The molecule has 0 aliphatic rings. The van der Waals surface area contributed by atoms with E-state index in [0.717, 1.165) is 0 Å². The molecule has 0 radical (unpaired) electrons. The first kappa shape index (κ1) is 15.4. The number of nitrogens with one attached hydrogen (secondary N) is 1. The lowest BCUT2D eigenvalue weighted by molar-refractivity contribution is 0.403. The first-order chi connectivity index (χ1) is 9.85. The molecule has 2 rings (SSSR count). The second-order valence-electron chi connectivity index (χ2n) is 5.89. The highest BCUT2D eigenvalue weighted by Gasteiger charge is 2.14. The van der Waals surface area contributed by atoms with Gasteiger partial charge in [-0.1, -0.05) is 18.2 Å². The van der Waals surface area contributed by atoms with Gasteiger partial charge in [0.15, 0.2) is 11.6 Å². The van der Waals surface area contributed by atoms with Crippen molar-refractivity contribution in [2.45, 2.75) is 32.9 Å². The van der Waals surface area contributed by atoms with E-state index >= 15 is 0 Å². The van der Waals surface area contributed by atoms with Gasteiger partial charge >= 0.3 is 0 Å². The van der Waals surface area contributed by atoms with Gasteiger partial charge in [0.2, 0.25) is 0 Å². The molecule has 0 spiro atoms. The Balaban J connectivity index is 2.25. The summed E-state index contributed by atoms with van der Waals surface area (Å²) in [6.45, 7) is 6.55. The third-order valence-electron chi connectivity index (χ3n) is 2.87. The van der Waals surface area contributed by atoms with Gasteiger partial charge in [0, 0.05) is 23.7 Å². The van der Waals surface area contributed by atoms with E-state index in [2.05, 4.69) is 5.32 Å². The van der Waals surface area contributed by atoms with Crippen LogP contribution < -0.4 is 10.1 Å². The highest BCUT2D eigenvalue weighted by molar-refractivity contribution is 5.39. The van der Waals surface area contributed by atoms with Crippen LogP contribution in [0, 0.1) is 11.6 Å². The maximum absolute atomic E-state index is 14.0. The first-order valence-electron chi connectivity index (χ1n) is 6.81. The summed E-state index contributed by atoms with van der Waals surface area (Å²) in [5, 5.41) is 3.28. The van der Waals surface area contributed by atoms with Crippen LogP contribution in [0.25, 0.3) is 0 Å². The molecule has 0 saturated heterocycles. The highest BCUT2D eigenvalue weighted by Crippen LogP contribution is 2.29. The molecule has 0 aliphatic carbocycles. The Labute approximate surface area is 123 Å². The molecule has 0 heterocycles. The third kappa shape index (κ3) is 4.53. The van der Waals surface area contributed by atoms with Crippen molar-refractivity contribution >= 4 is 0 Å². The van der Waals surface area contributed by atoms with Crippen LogP contribution in [0.3, 0.4) is 0 Å². The standard InChI is InChI=1S/C17H19F2NO/c1-17(2,3)20-11-12-6-4-9-15(19)16(12)21-14-8-5-7-13(18)10-14/h4-10,20H,11H2,1-3H3. The number of hydrogen-bond donors (Lipinski definition) is 1. The number of benzene rings is 2. The van der Waals surface area contributed by atoms with Crippen molar-refractivity contribution in [1.82, 2.24) is 5.32 Å². The van der Waals surface area contributed by atoms with Crippen molar-refractivity contribution in [1.29, 1.82) is 0 Å². The first-order valence-corrected chi connectivity index (χ1v) is 6.81. The molecule has 0 amide bonds. The summed E-state index contributed by atoms with van der Waals surface area (Å²) in [6.07, 6.45) is 0. The van der Waals surface area contributed by atoms with E-state index in [1.807, 2.05) is 20.8 Å². The Hall–Kier alpha value is -1.94. The zero-order valence-electron chi connectivity index (χ0n) is 12.4. The predicted molar refractivity (Wildman–Crippen MR) is 79.5 cm³/mol. The molecule has 0 aliphatic heterocycles. The lowest BCUT2D eigenvalue weighted by atomic mass is 10.1. The normalized spacial score (nSPS) is 11.5. The molecule has 0 aromatic heterocycles. The zero-order valence-corrected chi connectivity index (χ0v) is 12.4. The highest BCUT2D eigenvalue weighted by atomic mass is 19.1. The Kier molecular flexibility index (Phi) is 4.58. The van der Waals surface area contributed by atoms with Gasteiger partial charge in [-0.25, -0.2) is 8.78 Å². The fraction of sp³-hybridized carbons (Fsp3) is 0.294. The van der Waals surface area contributed by atoms with Crippen molar-refractivity contribution in [2.75, 3.05) is 0 Å². The molecule has 0 bridgehead atoms. The van der Waals surface area contributed by atoms with Gasteiger partial charge < -0.3 is 10.1 Å². The molecule has 1 N–H and O–H groups in total. The van der Waals surface area contributed by atoms with Crippen LogP contribution in [0.4, 0.5) is 8.78 Å². The maximum atomic E-state index is 14.0. The number of hydrogen-bond acceptors (Lipinski definition) is 2. The Morgan fingerprint density at radius 3 is 2.43 bits per heavy atom. The van der Waals surface area contributed by atoms with Gasteiger partial charge in [0.25, 0.3) is 0 Å². The van der Waals surface area contributed by atoms with E-state index in [-0.39, 0.29) is 17.0 Å². The summed E-state index contributed by atoms with van der Waals surface area (Å²) in [6, 6.07) is 10.4. The Morgan fingerprint density at radius 2 is 1.76 bits per heavy atom. The monoisotopic (exact) mass is 291 g/mol. The minimum atomic E-state index is -0.465. The lowest BCUT2D eigenvalue weighted by Gasteiger charge is -2.21. The van der Waals surface area contributed by atoms with Crippen LogP contribution in [0.15, 0.2) is 42.5 Å². The minimum Gasteiger partial charge on any atom is -0.454 e. The molecule has 0 saturated carbocycles. The van der Waals surface area contributed by atoms with E-state index in [1.54, 1.807) is 18.2 Å². The van der Waals surface area contributed by atoms with Crippen LogP contribution in [-0.4, -0.2) is 5.54 Å². The van der Waals surface area contributed by atoms with E-state index in [1.165, 1.54) is 24.3 Å². The third-order valence-corrected chi connectivity index (χ3v) is 2.87. The molecule has 2 nitrogen and oxygen atoms in total. The molecule has 112 valence electrons. The van der Waals surface area contributed by atoms with Gasteiger partial charge in [-0.15, -0.1) is 0 Å². The Bertz CT molecular complexity index is 620. The van der Waals surface area contributed by atoms with E-state index in [4.69, 9.17) is 4.74 Å². The maximum Gasteiger partial charge on any atom is 0.167 e. The largest absolute Gasteiger partial charge is 0.454 e. The van der Waals surface area contributed by atoms with Crippen LogP contribution in [-0.2, 0) is 6.54 Å². The number of para-hydroxylation sites is 1. The quantitative estimate of drug-likeness (QED) is 0.885. The minimum absolute atomic E-state index is 0.0948. The number of ether oxygens (including phenoxy) is 1. The predicted octanol–water partition coefficient (Wildman–Crippen LogP) is 4.65. The van der Waals surface area contributed by atoms with Gasteiger partial charge in [0.05, 0.1) is 0 Å². The summed E-state index contributed by atoms with van der Waals surface area (Å²) in [4.78, 5) is 0. The van der Waals surface area contributed by atoms with Crippen LogP contribution in [0.1, 0.15) is 26.3 Å². The second kappa shape index (κ2) is 6.22. The summed E-state index contributed by atoms with van der Waals surface area (Å²) >= 11 is 0. The molecular formula is C17H19F2NO. The van der Waals surface area contributed by atoms with Crippen molar-refractivity contribution in [2.24, 2.45) is 0 Å². The number of halogens is 2. The summed E-state index contributed by atoms with van der Waals surface area (Å²) in [5.74, 6) is -0.484. The Morgan fingerprint density at radius 1 is 1.05 bits per heavy atom. The van der Waals surface area contributed by atoms with Gasteiger partial charge in [-0.2, -0.15) is 0 Å². The molecule has 0 atom stereocenters. The van der Waals surface area contributed by atoms with Crippen molar-refractivity contribution in [3.63, 3.8) is 0 Å². The van der Waals surface area contributed by atoms with Crippen LogP contribution in [0.5, 0.6) is 11.5 Å². The fourth-order valence-electron chi connectivity index (χ4n) is 1.82. The lowest BCUT2D eigenvalue weighted by Crippen LogP contribution is -2.35. The SMILES string of the molecule is CC(C)(C)NCc1cccc(F)c1Oc1cccc(F)c1. The smallest absolute Gasteiger partial charge is 0.167 e. The summed E-state index contributed by atoms with van der Waals surface area (Å²) in [7, 11) is 0. The van der Waals surface area contributed by atoms with Crippen molar-refractivity contribution in [3.05, 3.63) is 59.7 Å². The second-order valence-corrected chi connectivity index (χ2v) is 5.89. The molecule has 2 aromatic rings. The van der Waals surface area contributed by atoms with Gasteiger partial charge in [0.1, 0.15) is 11.6 Å². The average molecular weight is 291 g/mol. The summed E-state index contributed by atoms with van der Waals surface area (Å²) < 4.78 is 32.7. The fourth-order valence-corrected chi connectivity index (χ4v) is 1.82. The molecule has 21 heavy (non-hydrogen) atoms. The molecule has 4 heteroatoms. The van der Waals surface area contributed by atoms with E-state index in [0.29, 0.717) is 12.1 Å². The van der Waals surface area contributed by atoms with Gasteiger partial charge in [-0.05, 0) is 39.0 Å². The van der Waals surface area contributed by atoms with Crippen molar-refractivity contribution in [3.8, 4) is 11.5 Å². The average Bonchev–Trinajstić information content (AvgIpc) is 2.39. The number of rotatable bonds is 4. The van der Waals surface area contributed by atoms with Gasteiger partial charge in [-0.3, -0.25) is 0 Å². The summed E-state index contributed by atoms with van der Waals surface area (Å²) in [5.41, 5.74) is 0.594. The molecule has 2 aromatic carbocycles. The van der Waals surface area contributed by atoms with E-state index < -0.39 is 11.6 Å². The molecular weight excluding hydrogens is 272 g/mol. The molecule has 0 fully saturated rings. The van der Waals surface area contributed by atoms with Crippen LogP contribution in [0.2, 0.25) is 0 Å². The van der Waals surface area contributed by atoms with Crippen molar-refractivity contribution < 1.29 is 13.5 Å². The molecule has 0 unspecified atom stereocenters.